The van der Waals surface area contributed by atoms with E-state index in [2.05, 4.69) is 13.8 Å². The lowest BCUT2D eigenvalue weighted by atomic mass is 9.43. The van der Waals surface area contributed by atoms with E-state index in [4.69, 9.17) is 13.9 Å². The first-order valence-corrected chi connectivity index (χ1v) is 12.5. The van der Waals surface area contributed by atoms with Gasteiger partial charge in [-0.3, -0.25) is 4.79 Å². The molecular formula is C26H34O8. The Morgan fingerprint density at radius 3 is 2.50 bits per heavy atom. The molecule has 1 aromatic heterocycles. The highest BCUT2D eigenvalue weighted by molar-refractivity contribution is 5.66. The van der Waals surface area contributed by atoms with Crippen molar-refractivity contribution in [1.82, 2.24) is 0 Å². The Bertz CT molecular complexity index is 1050. The minimum Gasteiger partial charge on any atom is -0.459 e. The lowest BCUT2D eigenvalue weighted by Crippen LogP contribution is -2.65. The second-order valence-electron chi connectivity index (χ2n) is 11.9. The number of aliphatic hydroxyl groups excluding tert-OH is 3. The van der Waals surface area contributed by atoms with Crippen LogP contribution in [0, 0.1) is 28.6 Å². The Hall–Kier alpha value is -1.74. The van der Waals surface area contributed by atoms with Crippen molar-refractivity contribution in [3.05, 3.63) is 34.4 Å². The van der Waals surface area contributed by atoms with E-state index in [9.17, 15) is 24.9 Å². The van der Waals surface area contributed by atoms with Gasteiger partial charge in [-0.1, -0.05) is 13.8 Å². The van der Waals surface area contributed by atoms with Crippen LogP contribution in [0.15, 0.2) is 27.6 Å². The van der Waals surface area contributed by atoms with Gasteiger partial charge in [-0.2, -0.15) is 0 Å². The summed E-state index contributed by atoms with van der Waals surface area (Å²) in [5, 5.41) is 32.9. The zero-order valence-electron chi connectivity index (χ0n) is 19.8. The third-order valence-electron chi connectivity index (χ3n) is 10.5. The molecule has 1 spiro atoms. The number of aliphatic hydroxyl groups is 3. The molecule has 0 radical (unpaired) electrons. The molecule has 5 aliphatic rings. The van der Waals surface area contributed by atoms with Gasteiger partial charge in [0.1, 0.15) is 17.8 Å². The second-order valence-corrected chi connectivity index (χ2v) is 11.9. The Morgan fingerprint density at radius 1 is 1.09 bits per heavy atom. The molecule has 6 rings (SSSR count). The summed E-state index contributed by atoms with van der Waals surface area (Å²) in [7, 11) is 0. The van der Waals surface area contributed by atoms with E-state index in [-0.39, 0.29) is 35.2 Å². The molecule has 34 heavy (non-hydrogen) atoms. The summed E-state index contributed by atoms with van der Waals surface area (Å²) in [4.78, 5) is 23.7. The first-order valence-electron chi connectivity index (χ1n) is 12.5. The number of fused-ring (bicyclic) bond motifs is 3. The van der Waals surface area contributed by atoms with Gasteiger partial charge in [-0.25, -0.2) is 4.79 Å². The average Bonchev–Trinajstić information content (AvgIpc) is 3.48. The fourth-order valence-corrected chi connectivity index (χ4v) is 9.30. The number of ether oxygens (including phenoxy) is 2. The molecule has 1 aromatic rings. The summed E-state index contributed by atoms with van der Waals surface area (Å²) < 4.78 is 17.6. The molecule has 4 aliphatic carbocycles. The molecule has 12 atom stereocenters. The van der Waals surface area contributed by atoms with Gasteiger partial charge in [0.15, 0.2) is 0 Å². The first-order chi connectivity index (χ1) is 16.0. The Kier molecular flexibility index (Phi) is 4.78. The summed E-state index contributed by atoms with van der Waals surface area (Å²) in [6.07, 6.45) is 1.70. The lowest BCUT2D eigenvalue weighted by Gasteiger charge is -2.63. The van der Waals surface area contributed by atoms with Crippen LogP contribution in [-0.2, 0) is 14.3 Å². The summed E-state index contributed by atoms with van der Waals surface area (Å²) in [5.74, 6) is -0.794. The van der Waals surface area contributed by atoms with E-state index in [0.29, 0.717) is 12.8 Å². The molecule has 0 bridgehead atoms. The number of esters is 1. The first kappa shape index (κ1) is 22.7. The molecule has 0 unspecified atom stereocenters. The van der Waals surface area contributed by atoms with E-state index in [1.54, 1.807) is 6.07 Å². The van der Waals surface area contributed by atoms with Crippen molar-refractivity contribution in [2.75, 3.05) is 0 Å². The molecule has 2 heterocycles. The highest BCUT2D eigenvalue weighted by Gasteiger charge is 2.86. The lowest BCUT2D eigenvalue weighted by molar-refractivity contribution is -0.214. The minimum absolute atomic E-state index is 0.0359. The van der Waals surface area contributed by atoms with Gasteiger partial charge >= 0.3 is 11.6 Å². The molecule has 1 aliphatic heterocycles. The van der Waals surface area contributed by atoms with Gasteiger partial charge in [-0.05, 0) is 66.9 Å². The molecule has 0 aromatic carbocycles. The van der Waals surface area contributed by atoms with E-state index in [1.165, 1.54) is 19.3 Å². The fourth-order valence-electron chi connectivity index (χ4n) is 9.30. The predicted molar refractivity (Wildman–Crippen MR) is 119 cm³/mol. The monoisotopic (exact) mass is 474 g/mol. The normalized spacial score (nSPS) is 53.2. The molecular weight excluding hydrogens is 440 g/mol. The van der Waals surface area contributed by atoms with Crippen LogP contribution in [0.2, 0.25) is 0 Å². The second kappa shape index (κ2) is 7.15. The minimum atomic E-state index is -0.786. The van der Waals surface area contributed by atoms with Crippen LogP contribution in [0.4, 0.5) is 0 Å². The molecule has 0 amide bonds. The van der Waals surface area contributed by atoms with Crippen LogP contribution in [0.1, 0.15) is 64.4 Å². The Balaban J connectivity index is 1.44. The summed E-state index contributed by atoms with van der Waals surface area (Å²) in [6, 6.07) is 3.11. The van der Waals surface area contributed by atoms with Crippen LogP contribution < -0.4 is 5.63 Å². The zero-order valence-corrected chi connectivity index (χ0v) is 19.8. The fraction of sp³-hybridized carbons (Fsp3) is 0.769. The Morgan fingerprint density at radius 2 is 1.82 bits per heavy atom. The SMILES string of the molecule is CC(=O)O[C@H]1[C@H]2O[C@]23[C@@H]2CC[C@@H]4[C@@H](O)[C@@H](O)CC[C@]4(C)[C@H]2[C@H](O)C[C@]3(C)[C@H]1c1ccc(=O)oc1. The van der Waals surface area contributed by atoms with Gasteiger partial charge in [0.25, 0.3) is 0 Å². The highest BCUT2D eigenvalue weighted by Crippen LogP contribution is 2.78. The maximum atomic E-state index is 12.1. The van der Waals surface area contributed by atoms with Crippen LogP contribution in [0.5, 0.6) is 0 Å². The average molecular weight is 475 g/mol. The van der Waals surface area contributed by atoms with Crippen molar-refractivity contribution in [2.45, 2.75) is 94.9 Å². The number of rotatable bonds is 2. The predicted octanol–water partition coefficient (Wildman–Crippen LogP) is 1.74. The zero-order chi connectivity index (χ0) is 24.2. The van der Waals surface area contributed by atoms with Crippen molar-refractivity contribution >= 4 is 5.97 Å². The number of carbonyl (C=O) groups excluding carboxylic acids is 1. The van der Waals surface area contributed by atoms with Crippen molar-refractivity contribution in [2.24, 2.45) is 28.6 Å². The van der Waals surface area contributed by atoms with Gasteiger partial charge in [-0.15, -0.1) is 0 Å². The van der Waals surface area contributed by atoms with Gasteiger partial charge in [0.2, 0.25) is 0 Å². The standard InChI is InChI=1S/C26H34O8/c1-12(27)33-22-19(13-4-7-18(30)32-11-13)25(3)10-17(29)20-14(26(25)23(22)34-26)5-6-15-21(31)16(28)8-9-24(15,20)2/h4,7,11,14-17,19-23,28-29,31H,5-6,8-10H2,1-3H3/t14-,15-,16+,17-,19+,20-,21-,22-,23-,24+,25-,26-/m1/s1. The largest absolute Gasteiger partial charge is 0.459 e. The maximum Gasteiger partial charge on any atom is 0.335 e. The van der Waals surface area contributed by atoms with Crippen LogP contribution in [0.25, 0.3) is 0 Å². The summed E-state index contributed by atoms with van der Waals surface area (Å²) in [5.41, 5.74) is -1.09. The topological polar surface area (TPSA) is 130 Å². The molecule has 5 fully saturated rings. The highest BCUT2D eigenvalue weighted by atomic mass is 16.7. The molecule has 1 saturated heterocycles. The third-order valence-corrected chi connectivity index (χ3v) is 10.5. The number of carbonyl (C=O) groups is 1. The van der Waals surface area contributed by atoms with E-state index in [1.807, 2.05) is 0 Å². The molecule has 8 nitrogen and oxygen atoms in total. The van der Waals surface area contributed by atoms with Crippen molar-refractivity contribution in [3.8, 4) is 0 Å². The van der Waals surface area contributed by atoms with E-state index < -0.39 is 47.0 Å². The quantitative estimate of drug-likeness (QED) is 0.437. The molecule has 186 valence electrons. The third kappa shape index (κ3) is 2.68. The van der Waals surface area contributed by atoms with Gasteiger partial charge in [0.05, 0.1) is 24.6 Å². The number of hydrogen-bond acceptors (Lipinski definition) is 8. The van der Waals surface area contributed by atoms with Gasteiger partial charge < -0.3 is 29.2 Å². The van der Waals surface area contributed by atoms with Crippen molar-refractivity contribution in [1.29, 1.82) is 0 Å². The smallest absolute Gasteiger partial charge is 0.335 e. The van der Waals surface area contributed by atoms with Crippen LogP contribution in [-0.4, -0.2) is 57.4 Å². The number of hydrogen-bond donors (Lipinski definition) is 3. The van der Waals surface area contributed by atoms with E-state index >= 15 is 0 Å². The van der Waals surface area contributed by atoms with Crippen molar-refractivity contribution < 1.29 is 34.0 Å². The molecule has 3 N–H and O–H groups in total. The van der Waals surface area contributed by atoms with Crippen molar-refractivity contribution in [3.63, 3.8) is 0 Å². The molecule has 8 heteroatoms. The Labute approximate surface area is 198 Å². The summed E-state index contributed by atoms with van der Waals surface area (Å²) in [6.45, 7) is 5.66. The summed E-state index contributed by atoms with van der Waals surface area (Å²) >= 11 is 0. The van der Waals surface area contributed by atoms with Gasteiger partial charge in [0, 0.05) is 24.3 Å². The van der Waals surface area contributed by atoms with E-state index in [0.717, 1.165) is 24.8 Å². The maximum absolute atomic E-state index is 12.1. The molecule has 4 saturated carbocycles. The van der Waals surface area contributed by atoms with Crippen LogP contribution in [0.3, 0.4) is 0 Å². The van der Waals surface area contributed by atoms with Crippen LogP contribution >= 0.6 is 0 Å². The number of epoxide rings is 1.